The van der Waals surface area contributed by atoms with Gasteiger partial charge in [-0.2, -0.15) is 0 Å². The molecular formula is C11H12ClFN2O. The third-order valence-corrected chi connectivity index (χ3v) is 2.59. The summed E-state index contributed by atoms with van der Waals surface area (Å²) in [4.78, 5) is 4.20. The molecule has 16 heavy (non-hydrogen) atoms. The van der Waals surface area contributed by atoms with Crippen molar-refractivity contribution in [2.75, 3.05) is 12.3 Å². The zero-order chi connectivity index (χ0) is 11.9. The lowest BCUT2D eigenvalue weighted by Crippen LogP contribution is -2.24. The maximum atomic E-state index is 13.3. The van der Waals surface area contributed by atoms with Crippen LogP contribution in [0.1, 0.15) is 19.4 Å². The highest BCUT2D eigenvalue weighted by atomic mass is 35.5. The van der Waals surface area contributed by atoms with E-state index in [4.69, 9.17) is 22.1 Å². The minimum Gasteiger partial charge on any atom is -0.469 e. The number of ether oxygens (including phenoxy) is 1. The second kappa shape index (κ2) is 3.63. The van der Waals surface area contributed by atoms with Gasteiger partial charge in [-0.25, -0.2) is 9.38 Å². The van der Waals surface area contributed by atoms with Crippen molar-refractivity contribution in [3.8, 4) is 0 Å². The van der Waals surface area contributed by atoms with E-state index in [0.717, 1.165) is 0 Å². The Morgan fingerprint density at radius 2 is 2.19 bits per heavy atom. The normalized spacial score (nSPS) is 18.1. The van der Waals surface area contributed by atoms with E-state index in [-0.39, 0.29) is 10.6 Å². The van der Waals surface area contributed by atoms with Gasteiger partial charge in [0.2, 0.25) is 5.90 Å². The van der Waals surface area contributed by atoms with Crippen LogP contribution < -0.4 is 5.73 Å². The van der Waals surface area contributed by atoms with Gasteiger partial charge in [-0.3, -0.25) is 0 Å². The lowest BCUT2D eigenvalue weighted by molar-refractivity contribution is 0.131. The Morgan fingerprint density at radius 1 is 1.50 bits per heavy atom. The number of hydrogen-bond donors (Lipinski definition) is 1. The number of benzene rings is 1. The largest absolute Gasteiger partial charge is 0.469 e. The van der Waals surface area contributed by atoms with E-state index in [0.29, 0.717) is 23.7 Å². The van der Waals surface area contributed by atoms with Crippen LogP contribution in [0.3, 0.4) is 0 Å². The van der Waals surface area contributed by atoms with E-state index in [1.54, 1.807) is 0 Å². The molecular weight excluding hydrogens is 231 g/mol. The molecule has 2 rings (SSSR count). The fourth-order valence-electron chi connectivity index (χ4n) is 1.48. The van der Waals surface area contributed by atoms with Crippen molar-refractivity contribution in [3.63, 3.8) is 0 Å². The lowest BCUT2D eigenvalue weighted by Gasteiger charge is -2.17. The highest BCUT2D eigenvalue weighted by molar-refractivity contribution is 6.31. The molecule has 1 heterocycles. The zero-order valence-corrected chi connectivity index (χ0v) is 9.81. The quantitative estimate of drug-likeness (QED) is 0.770. The summed E-state index contributed by atoms with van der Waals surface area (Å²) < 4.78 is 18.9. The van der Waals surface area contributed by atoms with E-state index in [2.05, 4.69) is 4.99 Å². The number of aliphatic imine (C=N–C) groups is 1. The Labute approximate surface area is 98.1 Å². The maximum Gasteiger partial charge on any atom is 0.219 e. The van der Waals surface area contributed by atoms with E-state index >= 15 is 0 Å². The summed E-state index contributed by atoms with van der Waals surface area (Å²) >= 11 is 5.61. The average molecular weight is 243 g/mol. The Bertz CT molecular complexity index is 471. The summed E-state index contributed by atoms with van der Waals surface area (Å²) in [5.74, 6) is -0.153. The molecule has 0 saturated carbocycles. The van der Waals surface area contributed by atoms with Crippen LogP contribution >= 0.6 is 11.6 Å². The van der Waals surface area contributed by atoms with Crippen LogP contribution in [0.2, 0.25) is 5.02 Å². The van der Waals surface area contributed by atoms with Gasteiger partial charge >= 0.3 is 0 Å². The molecule has 0 radical (unpaired) electrons. The molecule has 0 atom stereocenters. The molecule has 0 spiro atoms. The number of anilines is 1. The van der Waals surface area contributed by atoms with Gasteiger partial charge < -0.3 is 10.5 Å². The van der Waals surface area contributed by atoms with Crippen LogP contribution in [-0.4, -0.2) is 18.0 Å². The molecule has 1 aromatic carbocycles. The van der Waals surface area contributed by atoms with Gasteiger partial charge in [0, 0.05) is 5.69 Å². The Kier molecular flexibility index (Phi) is 2.54. The fraction of sp³-hybridized carbons (Fsp3) is 0.364. The van der Waals surface area contributed by atoms with Crippen LogP contribution in [0.5, 0.6) is 0 Å². The zero-order valence-electron chi connectivity index (χ0n) is 9.05. The van der Waals surface area contributed by atoms with Crippen LogP contribution in [0.15, 0.2) is 17.1 Å². The number of nitrogens with zero attached hydrogens (tertiary/aromatic N) is 1. The topological polar surface area (TPSA) is 47.6 Å². The predicted molar refractivity (Wildman–Crippen MR) is 62.4 cm³/mol. The van der Waals surface area contributed by atoms with Crippen molar-refractivity contribution in [1.82, 2.24) is 0 Å². The van der Waals surface area contributed by atoms with Crippen molar-refractivity contribution in [1.29, 1.82) is 0 Å². The van der Waals surface area contributed by atoms with Crippen LogP contribution in [0, 0.1) is 5.82 Å². The highest BCUT2D eigenvalue weighted by Gasteiger charge is 2.29. The first-order valence-corrected chi connectivity index (χ1v) is 5.25. The summed E-state index contributed by atoms with van der Waals surface area (Å²) in [6.45, 7) is 4.35. The van der Waals surface area contributed by atoms with Gasteiger partial charge in [0.05, 0.1) is 17.1 Å². The van der Waals surface area contributed by atoms with Crippen LogP contribution in [-0.2, 0) is 4.74 Å². The predicted octanol–water partition coefficient (Wildman–Crippen LogP) is 2.62. The van der Waals surface area contributed by atoms with Gasteiger partial charge in [-0.1, -0.05) is 11.6 Å². The Hall–Kier alpha value is -1.29. The van der Waals surface area contributed by atoms with Crippen molar-refractivity contribution in [3.05, 3.63) is 28.5 Å². The molecule has 2 N–H and O–H groups in total. The smallest absolute Gasteiger partial charge is 0.219 e. The first-order valence-electron chi connectivity index (χ1n) is 4.87. The van der Waals surface area contributed by atoms with Gasteiger partial charge in [0.25, 0.3) is 0 Å². The number of rotatable bonds is 1. The van der Waals surface area contributed by atoms with Crippen molar-refractivity contribution in [2.45, 2.75) is 19.4 Å². The Morgan fingerprint density at radius 3 is 2.75 bits per heavy atom. The minimum absolute atomic E-state index is 0.000827. The summed E-state index contributed by atoms with van der Waals surface area (Å²) in [5, 5.41) is -0.000827. The second-order valence-corrected chi connectivity index (χ2v) is 4.74. The highest BCUT2D eigenvalue weighted by Crippen LogP contribution is 2.27. The summed E-state index contributed by atoms with van der Waals surface area (Å²) in [6, 6.07) is 2.61. The molecule has 0 aliphatic carbocycles. The maximum absolute atomic E-state index is 13.3. The van der Waals surface area contributed by atoms with Gasteiger partial charge in [-0.15, -0.1) is 0 Å². The lowest BCUT2D eigenvalue weighted by atomic mass is 10.1. The molecule has 0 bridgehead atoms. The van der Waals surface area contributed by atoms with Crippen LogP contribution in [0.25, 0.3) is 0 Å². The Balaban J connectivity index is 2.39. The van der Waals surface area contributed by atoms with E-state index < -0.39 is 5.82 Å². The van der Waals surface area contributed by atoms with Gasteiger partial charge in [0.1, 0.15) is 11.4 Å². The molecule has 86 valence electrons. The van der Waals surface area contributed by atoms with E-state index in [9.17, 15) is 4.39 Å². The van der Waals surface area contributed by atoms with E-state index in [1.165, 1.54) is 12.1 Å². The first kappa shape index (κ1) is 11.2. The molecule has 0 fully saturated rings. The van der Waals surface area contributed by atoms with E-state index in [1.807, 2.05) is 13.8 Å². The minimum atomic E-state index is -0.526. The second-order valence-electron chi connectivity index (χ2n) is 4.34. The molecule has 0 aromatic heterocycles. The molecule has 5 heteroatoms. The van der Waals surface area contributed by atoms with Gasteiger partial charge in [0.15, 0.2) is 0 Å². The van der Waals surface area contributed by atoms with Gasteiger partial charge in [-0.05, 0) is 26.0 Å². The first-order chi connectivity index (χ1) is 7.39. The molecule has 1 aliphatic rings. The molecule has 0 unspecified atom stereocenters. The number of nitrogens with two attached hydrogens (primary N) is 1. The number of hydrogen-bond acceptors (Lipinski definition) is 3. The molecule has 1 aliphatic heterocycles. The number of nitrogen functional groups attached to an aromatic ring is 1. The summed E-state index contributed by atoms with van der Waals surface area (Å²) in [6.07, 6.45) is 0. The van der Waals surface area contributed by atoms with Crippen molar-refractivity contribution in [2.24, 2.45) is 4.99 Å². The van der Waals surface area contributed by atoms with Crippen molar-refractivity contribution < 1.29 is 9.13 Å². The molecule has 3 nitrogen and oxygen atoms in total. The molecule has 1 aromatic rings. The third kappa shape index (κ3) is 1.97. The van der Waals surface area contributed by atoms with Crippen molar-refractivity contribution >= 4 is 23.2 Å². The summed E-state index contributed by atoms with van der Waals surface area (Å²) in [5.41, 5.74) is 6.20. The molecule has 0 amide bonds. The molecule has 0 saturated heterocycles. The third-order valence-electron chi connectivity index (χ3n) is 2.30. The number of halogens is 2. The summed E-state index contributed by atoms with van der Waals surface area (Å²) in [7, 11) is 0. The van der Waals surface area contributed by atoms with Crippen LogP contribution in [0.4, 0.5) is 10.1 Å². The fourth-order valence-corrected chi connectivity index (χ4v) is 1.65. The standard InChI is InChI=1S/C11H12ClFN2O/c1-11(2)5-15-10(16-11)6-3-8(13)7(12)4-9(6)14/h3-4H,5,14H2,1-2H3. The average Bonchev–Trinajstić information content (AvgIpc) is 2.52. The SMILES string of the molecule is CC1(C)CN=C(c2cc(F)c(Cl)cc2N)O1. The monoisotopic (exact) mass is 242 g/mol.